The summed E-state index contributed by atoms with van der Waals surface area (Å²) in [5, 5.41) is 20.7. The molecule has 0 aliphatic rings. The van der Waals surface area contributed by atoms with Crippen LogP contribution in [0.2, 0.25) is 0 Å². The number of phosphoric acid groups is 2. The first-order valence-electron chi connectivity index (χ1n) is 44.8. The number of unbranched alkanes of at least 4 members (excludes halogenated alkanes) is 35. The van der Waals surface area contributed by atoms with Crippen molar-refractivity contribution in [1.29, 1.82) is 0 Å². The molecule has 4 N–H and O–H groups in total. The molecule has 5 unspecified atom stereocenters. The number of carbonyl (C=O) groups is 3. The molecule has 0 amide bonds. The molecule has 0 aromatic rings. The van der Waals surface area contributed by atoms with Gasteiger partial charge in [0.1, 0.15) is 25.4 Å². The second-order valence-electron chi connectivity index (χ2n) is 29.7. The summed E-state index contributed by atoms with van der Waals surface area (Å²) >= 11 is 0. The Bertz CT molecular complexity index is 2680. The van der Waals surface area contributed by atoms with Crippen molar-refractivity contribution in [3.63, 3.8) is 0 Å². The number of rotatable bonds is 84. The van der Waals surface area contributed by atoms with Crippen molar-refractivity contribution >= 4 is 33.6 Å². The van der Waals surface area contributed by atoms with Gasteiger partial charge >= 0.3 is 33.6 Å². The highest BCUT2D eigenvalue weighted by Crippen LogP contribution is 2.45. The first-order valence-corrected chi connectivity index (χ1v) is 47.8. The summed E-state index contributed by atoms with van der Waals surface area (Å²) in [6.07, 6.45) is 110. The number of allylic oxidation sites excluding steroid dienone is 26. The van der Waals surface area contributed by atoms with Crippen LogP contribution in [0, 0.1) is 0 Å². The van der Waals surface area contributed by atoms with Crippen LogP contribution >= 0.6 is 15.6 Å². The lowest BCUT2D eigenvalue weighted by molar-refractivity contribution is -0.161. The molecule has 648 valence electrons. The zero-order valence-corrected chi connectivity index (χ0v) is 73.0. The monoisotopic (exact) mass is 1620 g/mol. The third-order valence-corrected chi connectivity index (χ3v) is 20.6. The van der Waals surface area contributed by atoms with E-state index in [1.54, 1.807) is 0 Å². The summed E-state index contributed by atoms with van der Waals surface area (Å²) in [6.45, 7) is 2.52. The Hall–Kier alpha value is -4.83. The highest BCUT2D eigenvalue weighted by Gasteiger charge is 2.29. The Morgan fingerprint density at radius 2 is 0.469 bits per heavy atom. The van der Waals surface area contributed by atoms with E-state index in [4.69, 9.17) is 32.3 Å². The van der Waals surface area contributed by atoms with Crippen molar-refractivity contribution in [3.05, 3.63) is 158 Å². The summed E-state index contributed by atoms with van der Waals surface area (Å²) in [5.74, 6) is -1.60. The van der Waals surface area contributed by atoms with Gasteiger partial charge in [-0.3, -0.25) is 32.5 Å². The third-order valence-electron chi connectivity index (χ3n) is 18.7. The van der Waals surface area contributed by atoms with Crippen LogP contribution in [0.1, 0.15) is 367 Å². The molecule has 0 aromatic heterocycles. The van der Waals surface area contributed by atoms with Crippen LogP contribution in [-0.4, -0.2) is 95.9 Å². The van der Waals surface area contributed by atoms with Crippen LogP contribution < -0.4 is 0 Å². The molecule has 0 saturated carbocycles. The zero-order valence-electron chi connectivity index (χ0n) is 71.3. The second kappa shape index (κ2) is 86.5. The van der Waals surface area contributed by atoms with E-state index in [1.807, 2.05) is 0 Å². The summed E-state index contributed by atoms with van der Waals surface area (Å²) in [6, 6.07) is 0. The fourth-order valence-corrected chi connectivity index (χ4v) is 13.5. The van der Waals surface area contributed by atoms with Crippen molar-refractivity contribution in [1.82, 2.24) is 0 Å². The summed E-state index contributed by atoms with van der Waals surface area (Å²) in [5.41, 5.74) is 0. The quantitative estimate of drug-likeness (QED) is 0.0146. The Balaban J connectivity index is 4.64. The van der Waals surface area contributed by atoms with Crippen molar-refractivity contribution < 1.29 is 75.8 Å². The molecule has 0 aromatic carbocycles. The number of hydrogen-bond acceptors (Lipinski definition) is 14. The van der Waals surface area contributed by atoms with E-state index in [1.165, 1.54) is 141 Å². The summed E-state index contributed by atoms with van der Waals surface area (Å²) in [4.78, 5) is 59.0. The Kier molecular flexibility index (Phi) is 82.8. The van der Waals surface area contributed by atoms with Crippen LogP contribution in [0.5, 0.6) is 0 Å². The summed E-state index contributed by atoms with van der Waals surface area (Å²) < 4.78 is 61.4. The van der Waals surface area contributed by atoms with Gasteiger partial charge < -0.3 is 34.2 Å². The van der Waals surface area contributed by atoms with Gasteiger partial charge in [-0.25, -0.2) is 9.13 Å². The maximum absolute atomic E-state index is 13.1. The van der Waals surface area contributed by atoms with Crippen molar-refractivity contribution in [3.8, 4) is 0 Å². The predicted octanol–water partition coefficient (Wildman–Crippen LogP) is 27.3. The topological polar surface area (TPSA) is 231 Å². The van der Waals surface area contributed by atoms with Crippen LogP contribution in [0.4, 0.5) is 0 Å². The molecule has 0 heterocycles. The Labute approximate surface area is 689 Å². The average molecular weight is 1620 g/mol. The molecule has 0 aliphatic carbocycles. The molecule has 0 bridgehead atoms. The molecule has 18 heteroatoms. The molecule has 0 fully saturated rings. The fourth-order valence-electron chi connectivity index (χ4n) is 11.9. The molecule has 5 atom stereocenters. The van der Waals surface area contributed by atoms with Crippen LogP contribution in [0.3, 0.4) is 0 Å². The molecule has 0 saturated heterocycles. The lowest BCUT2D eigenvalue weighted by Crippen LogP contribution is -2.30. The van der Waals surface area contributed by atoms with Gasteiger partial charge in [0.2, 0.25) is 0 Å². The van der Waals surface area contributed by atoms with Crippen LogP contribution in [0.25, 0.3) is 0 Å². The Morgan fingerprint density at radius 1 is 0.257 bits per heavy atom. The molecule has 0 aliphatic heterocycles. The van der Waals surface area contributed by atoms with Gasteiger partial charge in [-0.15, -0.1) is 0 Å². The number of esters is 3. The number of aliphatic hydroxyl groups is 2. The smallest absolute Gasteiger partial charge is 0.463 e. The van der Waals surface area contributed by atoms with Gasteiger partial charge in [0.15, 0.2) is 6.10 Å². The van der Waals surface area contributed by atoms with Gasteiger partial charge in [-0.2, -0.15) is 0 Å². The fraction of sp³-hybridized carbons (Fsp3) is 0.695. The molecule has 16 nitrogen and oxygen atoms in total. The predicted molar refractivity (Wildman–Crippen MR) is 472 cm³/mol. The maximum atomic E-state index is 13.1. The van der Waals surface area contributed by atoms with E-state index < -0.39 is 91.5 Å². The first-order chi connectivity index (χ1) is 55.2. The molecule has 0 spiro atoms. The number of phosphoric ester groups is 2. The van der Waals surface area contributed by atoms with E-state index in [0.717, 1.165) is 167 Å². The largest absolute Gasteiger partial charge is 0.472 e. The van der Waals surface area contributed by atoms with Crippen molar-refractivity contribution in [2.45, 2.75) is 386 Å². The third kappa shape index (κ3) is 87.8. The van der Waals surface area contributed by atoms with E-state index in [0.29, 0.717) is 19.3 Å². The lowest BCUT2D eigenvalue weighted by Gasteiger charge is -2.21. The average Bonchev–Trinajstić information content (AvgIpc) is 0.898. The standard InChI is InChI=1S/C95H162O16P2/c1-4-7-10-13-16-19-22-25-28-31-34-37-39-41-43-44-46-48-49-52-54-57-60-63-66-69-72-75-78-81-93(98)105-84-90(96)85-107-112(101,102)108-86-91(97)87-109-113(103,104)110-89-92(111-95(100)83-80-77-74-71-68-65-62-59-56-51-36-33-30-27-24-21-18-15-12-9-6-3)88-106-94(99)82-79-76-73-70-67-64-61-58-55-53-50-47-45-42-40-38-35-32-29-26-23-20-17-14-11-8-5-2/h8,11,16-21,25-30,34-38,41-43,45,51,59,62,90-92,96-97H,4-7,9-10,12-15,22-24,31-33,39-40,44,46-50,52-58,60-61,63-89H2,1-3H3,(H,101,102)(H,103,104)/b11-8-,19-16-,20-17-,21-18-,28-25-,29-26-,30-27-,37-34-,38-35-,43-41-,45-42-,51-36-,62-59-. The molecule has 0 radical (unpaired) electrons. The second-order valence-corrected chi connectivity index (χ2v) is 32.6. The van der Waals surface area contributed by atoms with Gasteiger partial charge in [0.25, 0.3) is 0 Å². The molecular weight excluding hydrogens is 1460 g/mol. The molecule has 0 rings (SSSR count). The first kappa shape index (κ1) is 108. The molecular formula is C95H162O16P2. The Morgan fingerprint density at radius 3 is 0.743 bits per heavy atom. The minimum atomic E-state index is -4.95. The van der Waals surface area contributed by atoms with E-state index in [2.05, 4.69) is 179 Å². The van der Waals surface area contributed by atoms with Crippen molar-refractivity contribution in [2.24, 2.45) is 0 Å². The van der Waals surface area contributed by atoms with E-state index >= 15 is 0 Å². The number of aliphatic hydroxyl groups excluding tert-OH is 2. The SMILES string of the molecule is CC/C=C\C/C=C\C/C=C\C/C=C\C/C=C\CCCCCCCCCCCCCC(=O)OCC(COP(=O)(O)OCC(O)COP(=O)(O)OCC(O)COC(=O)CCCCCCCCCCCCCCC/C=C\C/C=C\C/C=C\C/C=C\CCCCC)OC(=O)CCCCCCC/C=C\C/C=C\C/C=C\C/C=C\CCCCC. The highest BCUT2D eigenvalue weighted by molar-refractivity contribution is 7.47. The molecule has 113 heavy (non-hydrogen) atoms. The number of ether oxygens (including phenoxy) is 3. The van der Waals surface area contributed by atoms with E-state index in [9.17, 15) is 43.5 Å². The van der Waals surface area contributed by atoms with E-state index in [-0.39, 0.29) is 19.3 Å². The summed E-state index contributed by atoms with van der Waals surface area (Å²) in [7, 11) is -9.82. The van der Waals surface area contributed by atoms with Crippen molar-refractivity contribution in [2.75, 3.05) is 39.6 Å². The van der Waals surface area contributed by atoms with Gasteiger partial charge in [-0.05, 0) is 154 Å². The highest BCUT2D eigenvalue weighted by atomic mass is 31.2. The number of hydrogen-bond donors (Lipinski definition) is 4. The normalized spacial score (nSPS) is 14.6. The zero-order chi connectivity index (χ0) is 82.2. The van der Waals surface area contributed by atoms with Gasteiger partial charge in [0.05, 0.1) is 26.4 Å². The van der Waals surface area contributed by atoms with Crippen LogP contribution in [-0.2, 0) is 55.8 Å². The van der Waals surface area contributed by atoms with Crippen LogP contribution in [0.15, 0.2) is 158 Å². The lowest BCUT2D eigenvalue weighted by atomic mass is 10.0. The minimum Gasteiger partial charge on any atom is -0.463 e. The number of carbonyl (C=O) groups excluding carboxylic acids is 3. The van der Waals surface area contributed by atoms with Gasteiger partial charge in [-0.1, -0.05) is 352 Å². The van der Waals surface area contributed by atoms with Gasteiger partial charge in [0, 0.05) is 19.3 Å². The minimum absolute atomic E-state index is 0.0790. The maximum Gasteiger partial charge on any atom is 0.472 e.